The van der Waals surface area contributed by atoms with Gasteiger partial charge in [-0.3, -0.25) is 0 Å². The van der Waals surface area contributed by atoms with Crippen LogP contribution in [0.15, 0.2) is 22.7 Å². The number of hydrogen-bond acceptors (Lipinski definition) is 2. The summed E-state index contributed by atoms with van der Waals surface area (Å²) < 4.78 is 6.73. The zero-order valence-corrected chi connectivity index (χ0v) is 11.1. The second-order valence-corrected chi connectivity index (χ2v) is 4.72. The number of benzene rings is 1. The number of aryl methyl sites for hydroxylation is 1. The van der Waals surface area contributed by atoms with Crippen molar-refractivity contribution in [1.82, 2.24) is 5.32 Å². The van der Waals surface area contributed by atoms with Gasteiger partial charge in [-0.25, -0.2) is 0 Å². The lowest BCUT2D eigenvalue weighted by molar-refractivity contribution is 0.308. The highest BCUT2D eigenvalue weighted by Gasteiger charge is 1.98. The van der Waals surface area contributed by atoms with Crippen LogP contribution in [0.5, 0.6) is 5.75 Å². The summed E-state index contributed by atoms with van der Waals surface area (Å²) in [6.45, 7) is 7.91. The van der Waals surface area contributed by atoms with E-state index in [1.807, 2.05) is 18.2 Å². The summed E-state index contributed by atoms with van der Waals surface area (Å²) in [5.41, 5.74) is 1.20. The molecule has 0 fully saturated rings. The fraction of sp³-hybridized carbons (Fsp3) is 0.500. The standard InChI is InChI=1S/C12H18BrNO/c1-9(2)14-6-7-15-11-4-5-12(13)10(3)8-11/h4-5,8-9,14H,6-7H2,1-3H3. The molecule has 0 saturated heterocycles. The van der Waals surface area contributed by atoms with Gasteiger partial charge < -0.3 is 10.1 Å². The van der Waals surface area contributed by atoms with Gasteiger partial charge in [-0.1, -0.05) is 29.8 Å². The van der Waals surface area contributed by atoms with Crippen LogP contribution in [0.2, 0.25) is 0 Å². The van der Waals surface area contributed by atoms with Crippen molar-refractivity contribution in [2.75, 3.05) is 13.2 Å². The van der Waals surface area contributed by atoms with Gasteiger partial charge in [-0.05, 0) is 30.7 Å². The lowest BCUT2D eigenvalue weighted by Gasteiger charge is -2.10. The van der Waals surface area contributed by atoms with Crippen LogP contribution in [0.1, 0.15) is 19.4 Å². The zero-order chi connectivity index (χ0) is 11.3. The van der Waals surface area contributed by atoms with Crippen LogP contribution in [-0.2, 0) is 0 Å². The monoisotopic (exact) mass is 271 g/mol. The van der Waals surface area contributed by atoms with Crippen LogP contribution in [-0.4, -0.2) is 19.2 Å². The fourth-order valence-electron chi connectivity index (χ4n) is 1.22. The largest absolute Gasteiger partial charge is 0.492 e. The number of hydrogen-bond donors (Lipinski definition) is 1. The minimum Gasteiger partial charge on any atom is -0.492 e. The maximum Gasteiger partial charge on any atom is 0.119 e. The van der Waals surface area contributed by atoms with Gasteiger partial charge in [-0.2, -0.15) is 0 Å². The zero-order valence-electron chi connectivity index (χ0n) is 9.51. The smallest absolute Gasteiger partial charge is 0.119 e. The van der Waals surface area contributed by atoms with E-state index in [-0.39, 0.29) is 0 Å². The Morgan fingerprint density at radius 2 is 2.13 bits per heavy atom. The molecule has 0 aromatic heterocycles. The molecule has 0 heterocycles. The van der Waals surface area contributed by atoms with Gasteiger partial charge >= 0.3 is 0 Å². The van der Waals surface area contributed by atoms with Crippen LogP contribution < -0.4 is 10.1 Å². The van der Waals surface area contributed by atoms with E-state index in [4.69, 9.17) is 4.74 Å². The average molecular weight is 272 g/mol. The highest BCUT2D eigenvalue weighted by molar-refractivity contribution is 9.10. The molecule has 0 unspecified atom stereocenters. The van der Waals surface area contributed by atoms with Crippen LogP contribution in [0.25, 0.3) is 0 Å². The molecular weight excluding hydrogens is 254 g/mol. The Labute approximate surface area is 100 Å². The van der Waals surface area contributed by atoms with Crippen molar-refractivity contribution in [3.8, 4) is 5.75 Å². The van der Waals surface area contributed by atoms with E-state index in [0.717, 1.165) is 16.8 Å². The van der Waals surface area contributed by atoms with Gasteiger partial charge in [0.15, 0.2) is 0 Å². The minimum atomic E-state index is 0.514. The molecule has 0 aliphatic carbocycles. The first-order valence-corrected chi connectivity index (χ1v) is 6.01. The molecule has 0 aliphatic heterocycles. The fourth-order valence-corrected chi connectivity index (χ4v) is 1.47. The minimum absolute atomic E-state index is 0.514. The second kappa shape index (κ2) is 6.13. The topological polar surface area (TPSA) is 21.3 Å². The van der Waals surface area contributed by atoms with Crippen molar-refractivity contribution in [3.63, 3.8) is 0 Å². The highest BCUT2D eigenvalue weighted by atomic mass is 79.9. The third kappa shape index (κ3) is 4.67. The van der Waals surface area contributed by atoms with Crippen molar-refractivity contribution in [1.29, 1.82) is 0 Å². The molecule has 0 aliphatic rings. The van der Waals surface area contributed by atoms with Gasteiger partial charge in [0.25, 0.3) is 0 Å². The Balaban J connectivity index is 2.35. The van der Waals surface area contributed by atoms with Crippen molar-refractivity contribution >= 4 is 15.9 Å². The molecule has 1 rings (SSSR count). The van der Waals surface area contributed by atoms with Crippen LogP contribution in [0.4, 0.5) is 0 Å². The number of ether oxygens (including phenoxy) is 1. The van der Waals surface area contributed by atoms with Gasteiger partial charge in [0.05, 0.1) is 0 Å². The predicted octanol–water partition coefficient (Wildman–Crippen LogP) is 3.13. The summed E-state index contributed by atoms with van der Waals surface area (Å²) >= 11 is 3.46. The molecule has 0 bridgehead atoms. The number of nitrogens with one attached hydrogen (secondary N) is 1. The Morgan fingerprint density at radius 1 is 1.40 bits per heavy atom. The lowest BCUT2D eigenvalue weighted by Crippen LogP contribution is -2.27. The molecule has 1 aromatic carbocycles. The van der Waals surface area contributed by atoms with Crippen LogP contribution in [0.3, 0.4) is 0 Å². The van der Waals surface area contributed by atoms with Gasteiger partial charge in [0.1, 0.15) is 12.4 Å². The number of rotatable bonds is 5. The quantitative estimate of drug-likeness (QED) is 0.831. The molecule has 0 atom stereocenters. The summed E-state index contributed by atoms with van der Waals surface area (Å²) in [6.07, 6.45) is 0. The molecular formula is C12H18BrNO. The Kier molecular flexibility index (Phi) is 5.12. The Bertz CT molecular complexity index is 312. The maximum absolute atomic E-state index is 5.61. The molecule has 0 radical (unpaired) electrons. The third-order valence-electron chi connectivity index (χ3n) is 2.05. The second-order valence-electron chi connectivity index (χ2n) is 3.87. The Morgan fingerprint density at radius 3 is 2.73 bits per heavy atom. The molecule has 84 valence electrons. The van der Waals surface area contributed by atoms with Gasteiger partial charge in [0.2, 0.25) is 0 Å². The normalized spacial score (nSPS) is 10.7. The molecule has 0 saturated carbocycles. The van der Waals surface area contributed by atoms with E-state index in [9.17, 15) is 0 Å². The van der Waals surface area contributed by atoms with Crippen LogP contribution >= 0.6 is 15.9 Å². The number of halogens is 1. The van der Waals surface area contributed by atoms with Crippen molar-refractivity contribution in [2.24, 2.45) is 0 Å². The first-order valence-electron chi connectivity index (χ1n) is 5.22. The van der Waals surface area contributed by atoms with Gasteiger partial charge in [-0.15, -0.1) is 0 Å². The first-order chi connectivity index (χ1) is 7.09. The average Bonchev–Trinajstić information content (AvgIpc) is 2.18. The summed E-state index contributed by atoms with van der Waals surface area (Å²) in [5, 5.41) is 3.31. The summed E-state index contributed by atoms with van der Waals surface area (Å²) in [4.78, 5) is 0. The predicted molar refractivity (Wildman–Crippen MR) is 67.5 cm³/mol. The Hall–Kier alpha value is -0.540. The molecule has 3 heteroatoms. The molecule has 15 heavy (non-hydrogen) atoms. The van der Waals surface area contributed by atoms with E-state index in [2.05, 4.69) is 42.0 Å². The van der Waals surface area contributed by atoms with Crippen molar-refractivity contribution in [3.05, 3.63) is 28.2 Å². The van der Waals surface area contributed by atoms with Gasteiger partial charge in [0, 0.05) is 17.1 Å². The molecule has 0 spiro atoms. The summed E-state index contributed by atoms with van der Waals surface area (Å²) in [6, 6.07) is 6.55. The third-order valence-corrected chi connectivity index (χ3v) is 2.94. The molecule has 0 amide bonds. The highest BCUT2D eigenvalue weighted by Crippen LogP contribution is 2.21. The molecule has 1 aromatic rings. The summed E-state index contributed by atoms with van der Waals surface area (Å²) in [7, 11) is 0. The first kappa shape index (κ1) is 12.5. The van der Waals surface area contributed by atoms with Crippen molar-refractivity contribution in [2.45, 2.75) is 26.8 Å². The lowest BCUT2D eigenvalue weighted by atomic mass is 10.2. The van der Waals surface area contributed by atoms with E-state index >= 15 is 0 Å². The maximum atomic E-state index is 5.61. The van der Waals surface area contributed by atoms with Crippen molar-refractivity contribution < 1.29 is 4.74 Å². The van der Waals surface area contributed by atoms with E-state index < -0.39 is 0 Å². The van der Waals surface area contributed by atoms with E-state index in [0.29, 0.717) is 12.6 Å². The summed E-state index contributed by atoms with van der Waals surface area (Å²) in [5.74, 6) is 0.932. The molecule has 1 N–H and O–H groups in total. The SMILES string of the molecule is Cc1cc(OCCNC(C)C)ccc1Br. The molecule has 2 nitrogen and oxygen atoms in total. The van der Waals surface area contributed by atoms with Crippen LogP contribution in [0, 0.1) is 6.92 Å². The van der Waals surface area contributed by atoms with E-state index in [1.54, 1.807) is 0 Å². The van der Waals surface area contributed by atoms with E-state index in [1.165, 1.54) is 5.56 Å².